The smallest absolute Gasteiger partial charge is 0.223 e. The van der Waals surface area contributed by atoms with Gasteiger partial charge >= 0.3 is 0 Å². The molecule has 3 N–H and O–H groups in total. The molecule has 0 aromatic carbocycles. The molecule has 0 bridgehead atoms. The van der Waals surface area contributed by atoms with Crippen LogP contribution in [0.2, 0.25) is 0 Å². The molecule has 10 heavy (non-hydrogen) atoms. The molecule has 0 aliphatic heterocycles. The van der Waals surface area contributed by atoms with Gasteiger partial charge in [-0.1, -0.05) is 6.92 Å². The van der Waals surface area contributed by atoms with E-state index >= 15 is 0 Å². The number of aliphatic hydroxyl groups excluding tert-OH is 1. The third kappa shape index (κ3) is 1.01. The molecule has 1 aliphatic carbocycles. The van der Waals surface area contributed by atoms with Crippen molar-refractivity contribution in [3.63, 3.8) is 0 Å². The molecule has 1 amide bonds. The van der Waals surface area contributed by atoms with E-state index in [1.165, 1.54) is 0 Å². The van der Waals surface area contributed by atoms with E-state index in [0.29, 0.717) is 12.3 Å². The van der Waals surface area contributed by atoms with Crippen molar-refractivity contribution in [2.24, 2.45) is 17.1 Å². The molecule has 1 rings (SSSR count). The fourth-order valence-electron chi connectivity index (χ4n) is 1.33. The third-order valence-corrected chi connectivity index (χ3v) is 2.45. The van der Waals surface area contributed by atoms with Gasteiger partial charge in [0.1, 0.15) is 0 Å². The second-order valence-corrected chi connectivity index (χ2v) is 3.20. The summed E-state index contributed by atoms with van der Waals surface area (Å²) < 4.78 is 0. The Morgan fingerprint density at radius 3 is 2.80 bits per heavy atom. The zero-order chi connectivity index (χ0) is 7.78. The molecular weight excluding hydrogens is 130 g/mol. The minimum atomic E-state index is -0.303. The fourth-order valence-corrected chi connectivity index (χ4v) is 1.33. The molecule has 0 aromatic rings. The number of aliphatic hydroxyl groups is 1. The first kappa shape index (κ1) is 7.54. The van der Waals surface area contributed by atoms with Crippen LogP contribution in [0.15, 0.2) is 0 Å². The van der Waals surface area contributed by atoms with E-state index in [9.17, 15) is 4.79 Å². The van der Waals surface area contributed by atoms with Gasteiger partial charge in [0.15, 0.2) is 0 Å². The maximum atomic E-state index is 10.7. The Morgan fingerprint density at radius 2 is 2.50 bits per heavy atom. The second kappa shape index (κ2) is 2.23. The zero-order valence-corrected chi connectivity index (χ0v) is 6.13. The lowest BCUT2D eigenvalue weighted by atomic mass is 10.1. The maximum Gasteiger partial charge on any atom is 0.223 e. The zero-order valence-electron chi connectivity index (χ0n) is 6.13. The van der Waals surface area contributed by atoms with E-state index in [4.69, 9.17) is 10.8 Å². The lowest BCUT2D eigenvalue weighted by Gasteiger charge is -2.03. The van der Waals surface area contributed by atoms with Crippen LogP contribution in [0.25, 0.3) is 0 Å². The Labute approximate surface area is 60.2 Å². The topological polar surface area (TPSA) is 63.3 Å². The van der Waals surface area contributed by atoms with Gasteiger partial charge in [-0.05, 0) is 18.8 Å². The minimum absolute atomic E-state index is 0.160. The average Bonchev–Trinajstić information content (AvgIpc) is 2.45. The summed E-state index contributed by atoms with van der Waals surface area (Å²) in [6, 6.07) is 0. The van der Waals surface area contributed by atoms with Crippen molar-refractivity contribution in [3.8, 4) is 0 Å². The van der Waals surface area contributed by atoms with Crippen LogP contribution in [-0.4, -0.2) is 17.6 Å². The minimum Gasteiger partial charge on any atom is -0.396 e. The van der Waals surface area contributed by atoms with E-state index in [1.807, 2.05) is 6.92 Å². The summed E-state index contributed by atoms with van der Waals surface area (Å²) in [5.41, 5.74) is 4.83. The molecule has 0 spiro atoms. The predicted molar refractivity (Wildman–Crippen MR) is 37.1 cm³/mol. The van der Waals surface area contributed by atoms with Gasteiger partial charge in [0.2, 0.25) is 5.91 Å². The van der Waals surface area contributed by atoms with Gasteiger partial charge < -0.3 is 10.8 Å². The van der Waals surface area contributed by atoms with Crippen LogP contribution in [0.5, 0.6) is 0 Å². The van der Waals surface area contributed by atoms with Gasteiger partial charge in [0, 0.05) is 12.0 Å². The fraction of sp³-hybridized carbons (Fsp3) is 0.857. The van der Waals surface area contributed by atoms with Crippen molar-refractivity contribution in [2.45, 2.75) is 19.8 Å². The summed E-state index contributed by atoms with van der Waals surface area (Å²) in [4.78, 5) is 10.7. The van der Waals surface area contributed by atoms with E-state index < -0.39 is 0 Å². The largest absolute Gasteiger partial charge is 0.396 e. The quantitative estimate of drug-likeness (QED) is 0.578. The Kier molecular flexibility index (Phi) is 1.68. The highest BCUT2D eigenvalue weighted by molar-refractivity contribution is 5.83. The monoisotopic (exact) mass is 143 g/mol. The standard InChI is InChI=1S/C7H13NO2/c1-7(6(8)10)4-5(7)2-3-9/h5,9H,2-4H2,1H3,(H2,8,10)/t5-,7+/m0/s1. The summed E-state index contributed by atoms with van der Waals surface area (Å²) in [6.45, 7) is 2.02. The number of carbonyl (C=O) groups excluding carboxylic acids is 1. The maximum absolute atomic E-state index is 10.7. The molecule has 1 saturated carbocycles. The number of primary amides is 1. The molecule has 0 aromatic heterocycles. The number of hydrogen-bond acceptors (Lipinski definition) is 2. The van der Waals surface area contributed by atoms with Crippen LogP contribution in [0, 0.1) is 11.3 Å². The summed E-state index contributed by atoms with van der Waals surface area (Å²) >= 11 is 0. The van der Waals surface area contributed by atoms with E-state index in [0.717, 1.165) is 6.42 Å². The molecule has 0 radical (unpaired) electrons. The Morgan fingerprint density at radius 1 is 1.90 bits per heavy atom. The van der Waals surface area contributed by atoms with Gasteiger partial charge in [-0.25, -0.2) is 0 Å². The molecule has 2 atom stereocenters. The average molecular weight is 143 g/mol. The summed E-state index contributed by atoms with van der Waals surface area (Å²) in [7, 11) is 0. The van der Waals surface area contributed by atoms with Crippen LogP contribution in [0.3, 0.4) is 0 Å². The summed E-state index contributed by atoms with van der Waals surface area (Å²) in [5, 5.41) is 8.54. The van der Waals surface area contributed by atoms with Crippen molar-refractivity contribution < 1.29 is 9.90 Å². The molecule has 3 nitrogen and oxygen atoms in total. The number of amides is 1. The van der Waals surface area contributed by atoms with Gasteiger partial charge in [-0.3, -0.25) is 4.79 Å². The van der Waals surface area contributed by atoms with Gasteiger partial charge in [-0.2, -0.15) is 0 Å². The number of rotatable bonds is 3. The van der Waals surface area contributed by atoms with Crippen LogP contribution in [0.4, 0.5) is 0 Å². The van der Waals surface area contributed by atoms with Crippen molar-refractivity contribution >= 4 is 5.91 Å². The number of nitrogens with two attached hydrogens (primary N) is 1. The highest BCUT2D eigenvalue weighted by atomic mass is 16.3. The molecule has 3 heteroatoms. The van der Waals surface area contributed by atoms with Crippen molar-refractivity contribution in [3.05, 3.63) is 0 Å². The summed E-state index contributed by atoms with van der Waals surface area (Å²) in [6.07, 6.45) is 1.56. The van der Waals surface area contributed by atoms with Crippen LogP contribution >= 0.6 is 0 Å². The van der Waals surface area contributed by atoms with E-state index in [-0.39, 0.29) is 17.9 Å². The lowest BCUT2D eigenvalue weighted by molar-refractivity contribution is -0.123. The molecule has 0 unspecified atom stereocenters. The van der Waals surface area contributed by atoms with Crippen molar-refractivity contribution in [2.75, 3.05) is 6.61 Å². The normalized spacial score (nSPS) is 37.6. The highest BCUT2D eigenvalue weighted by Gasteiger charge is 2.53. The van der Waals surface area contributed by atoms with Gasteiger partial charge in [0.25, 0.3) is 0 Å². The SMILES string of the molecule is C[C@@]1(C(N)=O)C[C@@H]1CCO. The van der Waals surface area contributed by atoms with Crippen LogP contribution in [0.1, 0.15) is 19.8 Å². The Balaban J connectivity index is 2.40. The van der Waals surface area contributed by atoms with Crippen molar-refractivity contribution in [1.29, 1.82) is 0 Å². The molecular formula is C7H13NO2. The van der Waals surface area contributed by atoms with Crippen LogP contribution < -0.4 is 5.73 Å². The van der Waals surface area contributed by atoms with Crippen molar-refractivity contribution in [1.82, 2.24) is 0 Å². The van der Waals surface area contributed by atoms with Crippen LogP contribution in [-0.2, 0) is 4.79 Å². The number of carbonyl (C=O) groups is 1. The first-order chi connectivity index (χ1) is 4.61. The Bertz CT molecular complexity index is 158. The molecule has 1 aliphatic rings. The van der Waals surface area contributed by atoms with E-state index in [1.54, 1.807) is 0 Å². The highest BCUT2D eigenvalue weighted by Crippen LogP contribution is 2.53. The molecule has 0 heterocycles. The second-order valence-electron chi connectivity index (χ2n) is 3.20. The molecule has 0 saturated heterocycles. The lowest BCUT2D eigenvalue weighted by Crippen LogP contribution is -2.23. The summed E-state index contributed by atoms with van der Waals surface area (Å²) in [5.74, 6) is 0.0981. The van der Waals surface area contributed by atoms with Gasteiger partial charge in [0.05, 0.1) is 0 Å². The predicted octanol–water partition coefficient (Wildman–Crippen LogP) is -0.120. The first-order valence-electron chi connectivity index (χ1n) is 3.52. The number of hydrogen-bond donors (Lipinski definition) is 2. The molecule has 58 valence electrons. The molecule has 1 fully saturated rings. The third-order valence-electron chi connectivity index (χ3n) is 2.45. The van der Waals surface area contributed by atoms with Gasteiger partial charge in [-0.15, -0.1) is 0 Å². The first-order valence-corrected chi connectivity index (χ1v) is 3.52. The Hall–Kier alpha value is -0.570. The van der Waals surface area contributed by atoms with E-state index in [2.05, 4.69) is 0 Å².